The molecule has 8 aromatic rings. The van der Waals surface area contributed by atoms with Gasteiger partial charge in [0.1, 0.15) is 5.82 Å². The van der Waals surface area contributed by atoms with Crippen LogP contribution in [0.1, 0.15) is 52.6 Å². The van der Waals surface area contributed by atoms with E-state index in [0.717, 1.165) is 32.7 Å². The zero-order valence-electron chi connectivity index (χ0n) is 35.7. The molecule has 2 heteroatoms. The van der Waals surface area contributed by atoms with Gasteiger partial charge in [-0.15, -0.1) is 0 Å². The number of hydrogen-bond acceptors (Lipinski definition) is 1. The lowest BCUT2D eigenvalue weighted by atomic mass is 9.80. The fourth-order valence-corrected chi connectivity index (χ4v) is 7.40. The van der Waals surface area contributed by atoms with Gasteiger partial charge in [-0.25, -0.2) is 4.98 Å². The Hall–Kier alpha value is -5.47. The van der Waals surface area contributed by atoms with Crippen LogP contribution in [0.15, 0.2) is 140 Å². The van der Waals surface area contributed by atoms with Crippen molar-refractivity contribution in [2.75, 3.05) is 0 Å². The van der Waals surface area contributed by atoms with E-state index < -0.39 is 32.3 Å². The van der Waals surface area contributed by atoms with E-state index in [0.29, 0.717) is 39.0 Å². The molecule has 0 fully saturated rings. The summed E-state index contributed by atoms with van der Waals surface area (Å²) in [6.45, 7) is -8.85. The van der Waals surface area contributed by atoms with E-state index >= 15 is 0 Å². The zero-order valence-corrected chi connectivity index (χ0v) is 24.7. The number of hydrogen-bond donors (Lipinski definition) is 0. The molecule has 46 heavy (non-hydrogen) atoms. The molecule has 1 aliphatic rings. The van der Waals surface area contributed by atoms with Gasteiger partial charge in [0.05, 0.1) is 16.7 Å². The molecule has 7 aromatic carbocycles. The molecule has 0 atom stereocenters. The maximum atomic E-state index is 8.85. The molecule has 1 heterocycles. The first-order valence-electron chi connectivity index (χ1n) is 20.7. The van der Waals surface area contributed by atoms with Crippen molar-refractivity contribution in [1.82, 2.24) is 9.55 Å². The topological polar surface area (TPSA) is 17.8 Å². The normalized spacial score (nSPS) is 18.0. The van der Waals surface area contributed by atoms with Gasteiger partial charge in [0.15, 0.2) is 0 Å². The summed E-state index contributed by atoms with van der Waals surface area (Å²) in [6.07, 6.45) is -2.81. The van der Waals surface area contributed by atoms with Crippen LogP contribution >= 0.6 is 0 Å². The minimum absolute atomic E-state index is 0.229. The molecule has 2 nitrogen and oxygen atoms in total. The summed E-state index contributed by atoms with van der Waals surface area (Å²) >= 11 is 0. The quantitative estimate of drug-likeness (QED) is 0.184. The second-order valence-electron chi connectivity index (χ2n) is 11.8. The first kappa shape index (κ1) is 17.9. The fraction of sp³-hybridized carbons (Fsp3) is 0.114. The molecular weight excluding hydrogens is 556 g/mol. The molecule has 0 saturated carbocycles. The van der Waals surface area contributed by atoms with E-state index in [2.05, 4.69) is 4.98 Å². The molecule has 0 N–H and O–H groups in total. The third kappa shape index (κ3) is 3.74. The molecular formula is C44H34N2. The molecule has 9 rings (SSSR count). The highest BCUT2D eigenvalue weighted by Gasteiger charge is 2.35. The van der Waals surface area contributed by atoms with Crippen molar-refractivity contribution in [1.29, 1.82) is 0 Å². The number of rotatable bonds is 4. The van der Waals surface area contributed by atoms with Crippen LogP contribution in [0.25, 0.3) is 71.6 Å². The predicted molar refractivity (Wildman–Crippen MR) is 194 cm³/mol. The molecule has 0 radical (unpaired) electrons. The third-order valence-corrected chi connectivity index (χ3v) is 9.35. The molecule has 0 saturated heterocycles. The minimum atomic E-state index is -3.02. The van der Waals surface area contributed by atoms with Crippen molar-refractivity contribution in [3.8, 4) is 39.1 Å². The van der Waals surface area contributed by atoms with Crippen molar-refractivity contribution in [2.24, 2.45) is 0 Å². The van der Waals surface area contributed by atoms with E-state index in [1.54, 1.807) is 59.2 Å². The second kappa shape index (κ2) is 10.0. The number of fused-ring (bicyclic) bond motifs is 6. The van der Waals surface area contributed by atoms with Gasteiger partial charge in [0.2, 0.25) is 0 Å². The van der Waals surface area contributed by atoms with E-state index in [1.165, 1.54) is 0 Å². The molecule has 0 amide bonds. The first-order chi connectivity index (χ1) is 27.0. The minimum Gasteiger partial charge on any atom is -0.296 e. The summed E-state index contributed by atoms with van der Waals surface area (Å²) in [7, 11) is 0. The van der Waals surface area contributed by atoms with E-state index in [9.17, 15) is 0 Å². The molecule has 0 spiro atoms. The van der Waals surface area contributed by atoms with Crippen molar-refractivity contribution in [3.63, 3.8) is 0 Å². The van der Waals surface area contributed by atoms with Gasteiger partial charge in [0, 0.05) is 32.4 Å². The van der Waals surface area contributed by atoms with Crippen LogP contribution in [0.5, 0.6) is 0 Å². The van der Waals surface area contributed by atoms with Gasteiger partial charge in [-0.2, -0.15) is 0 Å². The van der Waals surface area contributed by atoms with Gasteiger partial charge >= 0.3 is 0 Å². The standard InChI is InChI=1S/C44H34N2/c1-4-41-45-38-22-12-14-24-40(38)46(41)39-23-13-10-20-35(39)43-33-18-7-5-16-31(33)42(32-17-6-8-19-34(32)43)28-25-26-30-29-15-9-11-21-36(29)44(2,3)37(30)27-28/h5-27H,4H2,1-3H3/i1D3,2D3,3D3,4D2. The van der Waals surface area contributed by atoms with Gasteiger partial charge in [-0.05, 0) is 84.8 Å². The summed E-state index contributed by atoms with van der Waals surface area (Å²) in [5.74, 6) is -0.243. The Morgan fingerprint density at radius 2 is 1.22 bits per heavy atom. The van der Waals surface area contributed by atoms with Gasteiger partial charge in [-0.1, -0.05) is 136 Å². The summed E-state index contributed by atoms with van der Waals surface area (Å²) in [5.41, 5.74) is 3.86. The lowest BCUT2D eigenvalue weighted by molar-refractivity contribution is 0.660. The van der Waals surface area contributed by atoms with Crippen LogP contribution in [-0.4, -0.2) is 9.55 Å². The predicted octanol–water partition coefficient (Wildman–Crippen LogP) is 11.5. The summed E-state index contributed by atoms with van der Waals surface area (Å²) < 4.78 is 96.5. The number of aromatic nitrogens is 2. The largest absolute Gasteiger partial charge is 0.296 e. The lowest BCUT2D eigenvalue weighted by Crippen LogP contribution is -2.14. The number of nitrogens with zero attached hydrogens (tertiary/aromatic N) is 2. The fourth-order valence-electron chi connectivity index (χ4n) is 7.40. The molecule has 1 aromatic heterocycles. The number of aryl methyl sites for hydroxylation is 1. The first-order valence-corrected chi connectivity index (χ1v) is 15.2. The number of imidazole rings is 1. The van der Waals surface area contributed by atoms with Crippen LogP contribution < -0.4 is 0 Å². The third-order valence-electron chi connectivity index (χ3n) is 9.35. The van der Waals surface area contributed by atoms with Gasteiger partial charge < -0.3 is 0 Å². The number of benzene rings is 7. The Morgan fingerprint density at radius 3 is 1.96 bits per heavy atom. The summed E-state index contributed by atoms with van der Waals surface area (Å²) in [4.78, 5) is 4.58. The van der Waals surface area contributed by atoms with Crippen LogP contribution in [0.2, 0.25) is 0 Å². The van der Waals surface area contributed by atoms with Crippen molar-refractivity contribution < 1.29 is 15.1 Å². The highest BCUT2D eigenvalue weighted by Crippen LogP contribution is 2.51. The van der Waals surface area contributed by atoms with Crippen LogP contribution in [0.3, 0.4) is 0 Å². The Morgan fingerprint density at radius 1 is 0.609 bits per heavy atom. The monoisotopic (exact) mass is 601 g/mol. The Labute approximate surface area is 285 Å². The maximum Gasteiger partial charge on any atom is 0.114 e. The van der Waals surface area contributed by atoms with Crippen LogP contribution in [0.4, 0.5) is 0 Å². The molecule has 1 aliphatic carbocycles. The van der Waals surface area contributed by atoms with Crippen LogP contribution in [-0.2, 0) is 11.8 Å². The Kier molecular flexibility index (Phi) is 3.89. The smallest absolute Gasteiger partial charge is 0.114 e. The van der Waals surface area contributed by atoms with E-state index in [1.807, 2.05) is 84.9 Å². The lowest BCUT2D eigenvalue weighted by Gasteiger charge is -2.23. The molecule has 220 valence electrons. The van der Waals surface area contributed by atoms with Gasteiger partial charge in [0.25, 0.3) is 0 Å². The highest BCUT2D eigenvalue weighted by molar-refractivity contribution is 6.22. The maximum absolute atomic E-state index is 8.85. The average molecular weight is 602 g/mol. The second-order valence-corrected chi connectivity index (χ2v) is 11.8. The summed E-state index contributed by atoms with van der Waals surface area (Å²) in [5, 5.41) is 3.28. The van der Waals surface area contributed by atoms with Crippen LogP contribution in [0, 0.1) is 0 Å². The summed E-state index contributed by atoms with van der Waals surface area (Å²) in [6, 6.07) is 42.6. The van der Waals surface area contributed by atoms with E-state index in [4.69, 9.17) is 15.1 Å². The highest BCUT2D eigenvalue weighted by atomic mass is 15.1. The Balaban J connectivity index is 1.36. The molecule has 0 unspecified atom stereocenters. The number of para-hydroxylation sites is 3. The van der Waals surface area contributed by atoms with Crippen molar-refractivity contribution in [2.45, 2.75) is 32.3 Å². The van der Waals surface area contributed by atoms with Crippen molar-refractivity contribution in [3.05, 3.63) is 156 Å². The van der Waals surface area contributed by atoms with Crippen molar-refractivity contribution >= 4 is 32.6 Å². The van der Waals surface area contributed by atoms with Gasteiger partial charge in [-0.3, -0.25) is 4.57 Å². The zero-order chi connectivity index (χ0) is 40.3. The molecule has 0 aliphatic heterocycles. The average Bonchev–Trinajstić information content (AvgIpc) is 3.71. The van der Waals surface area contributed by atoms with E-state index in [-0.39, 0.29) is 17.0 Å². The molecule has 0 bridgehead atoms. The SMILES string of the molecule is [2H]C([2H])([2H])C([2H])([2H])c1nc2ccccc2n1-c1ccccc1-c1c2ccccc2c(-c2ccc3c(c2)C(C([2H])([2H])[2H])(C([2H])([2H])[2H])c2ccccc2-3)c2ccccc12. The Bertz CT molecular complexity index is 2850.